The molecule has 0 unspecified atom stereocenters. The van der Waals surface area contributed by atoms with Crippen LogP contribution in [-0.2, 0) is 20.6 Å². The number of para-hydroxylation sites is 1. The number of nitrogens with zero attached hydrogens (tertiary/aromatic N) is 1. The van der Waals surface area contributed by atoms with Crippen LogP contribution in [0.5, 0.6) is 11.5 Å². The quantitative estimate of drug-likeness (QED) is 0.190. The number of aromatic amines is 1. The molecular weight excluding hydrogens is 704 g/mol. The monoisotopic (exact) mass is 735 g/mol. The Morgan fingerprint density at radius 3 is 2.47 bits per heavy atom. The Morgan fingerprint density at radius 2 is 1.73 bits per heavy atom. The normalized spacial score (nSPS) is 26.1. The van der Waals surface area contributed by atoms with Gasteiger partial charge in [0, 0.05) is 21.7 Å². The van der Waals surface area contributed by atoms with Crippen molar-refractivity contribution >= 4 is 52.2 Å². The summed E-state index contributed by atoms with van der Waals surface area (Å²) in [5.41, 5.74) is 1.43. The number of H-pyrrole nitrogens is 1. The van der Waals surface area contributed by atoms with Crippen LogP contribution < -0.4 is 24.6 Å². The Bertz CT molecular complexity index is 2130. The minimum absolute atomic E-state index is 0.0752. The molecule has 264 valence electrons. The number of aromatic nitrogens is 1. The van der Waals surface area contributed by atoms with E-state index in [0.717, 1.165) is 49.4 Å². The Kier molecular flexibility index (Phi) is 8.29. The second kappa shape index (κ2) is 12.6. The summed E-state index contributed by atoms with van der Waals surface area (Å²) in [6, 6.07) is 17.2. The lowest BCUT2D eigenvalue weighted by Crippen LogP contribution is -2.42. The zero-order chi connectivity index (χ0) is 35.8. The van der Waals surface area contributed by atoms with Crippen LogP contribution in [0.2, 0.25) is 0 Å². The van der Waals surface area contributed by atoms with Crippen molar-refractivity contribution in [1.29, 1.82) is 0 Å². The highest BCUT2D eigenvalue weighted by molar-refractivity contribution is 8.00. The molecule has 1 saturated heterocycles. The number of anilines is 2. The van der Waals surface area contributed by atoms with Crippen LogP contribution >= 0.6 is 23.1 Å². The molecule has 4 aromatic rings. The molecule has 2 N–H and O–H groups in total. The molecule has 3 amide bonds. The van der Waals surface area contributed by atoms with Crippen molar-refractivity contribution in [2.45, 2.75) is 42.6 Å². The third-order valence-electron chi connectivity index (χ3n) is 10.6. The van der Waals surface area contributed by atoms with Gasteiger partial charge in [-0.3, -0.25) is 24.1 Å². The van der Waals surface area contributed by atoms with Crippen molar-refractivity contribution < 1.29 is 37.0 Å². The van der Waals surface area contributed by atoms with Crippen molar-refractivity contribution in [3.8, 4) is 11.5 Å². The van der Waals surface area contributed by atoms with E-state index in [9.17, 15) is 32.3 Å². The molecule has 2 bridgehead atoms. The molecule has 3 aromatic carbocycles. The lowest BCUT2D eigenvalue weighted by Gasteiger charge is -2.43. The minimum Gasteiger partial charge on any atom is -0.490 e. The standard InChI is InChI=1S/C37H32F3N3O6S2/c1-3-48-25-13-18(11-12-24(25)49-16-26(44)41-23-10-5-4-7-17(23)2)27-28-21-15-22(31(28)50-33-32(27)51-36(47)42-33)30-29(21)34(45)43(35(30)46)20-9-6-8-19(14-20)37(38,39)40/h4-14,21-22,27-31H,3,15-16H2,1-2H3,(H,41,44)(H,42,47)/t21-,22-,27+,28-,29+,30+,31-/m1/s1. The average molecular weight is 736 g/mol. The van der Waals surface area contributed by atoms with Crippen molar-refractivity contribution in [3.05, 3.63) is 98.0 Å². The van der Waals surface area contributed by atoms with Gasteiger partial charge < -0.3 is 19.8 Å². The molecule has 4 aliphatic rings. The van der Waals surface area contributed by atoms with Gasteiger partial charge in [0.25, 0.3) is 5.91 Å². The van der Waals surface area contributed by atoms with E-state index in [2.05, 4.69) is 10.3 Å². The summed E-state index contributed by atoms with van der Waals surface area (Å²) >= 11 is 2.63. The number of halogens is 3. The third-order valence-corrected chi connectivity index (χ3v) is 13.1. The molecule has 9 nitrogen and oxygen atoms in total. The van der Waals surface area contributed by atoms with Crippen LogP contribution in [0.25, 0.3) is 0 Å². The van der Waals surface area contributed by atoms with Crippen LogP contribution in [0.15, 0.2) is 76.6 Å². The molecule has 2 aliphatic carbocycles. The molecule has 3 heterocycles. The molecule has 0 spiro atoms. The summed E-state index contributed by atoms with van der Waals surface area (Å²) < 4.78 is 52.6. The predicted molar refractivity (Wildman–Crippen MR) is 185 cm³/mol. The zero-order valence-electron chi connectivity index (χ0n) is 27.4. The van der Waals surface area contributed by atoms with Crippen LogP contribution in [0.4, 0.5) is 24.5 Å². The van der Waals surface area contributed by atoms with E-state index in [1.165, 1.54) is 23.9 Å². The largest absolute Gasteiger partial charge is 0.490 e. The van der Waals surface area contributed by atoms with Gasteiger partial charge in [0.2, 0.25) is 11.8 Å². The fourth-order valence-electron chi connectivity index (χ4n) is 8.61. The molecule has 7 atom stereocenters. The number of hydrogen-bond acceptors (Lipinski definition) is 8. The molecular formula is C37H32F3N3O6S2. The molecule has 8 rings (SSSR count). The first-order chi connectivity index (χ1) is 24.4. The van der Waals surface area contributed by atoms with E-state index in [-0.39, 0.29) is 52.0 Å². The Hall–Kier alpha value is -4.56. The van der Waals surface area contributed by atoms with E-state index in [0.29, 0.717) is 30.2 Å². The molecule has 2 aliphatic heterocycles. The van der Waals surface area contributed by atoms with E-state index in [4.69, 9.17) is 9.47 Å². The Labute approximate surface area is 298 Å². The van der Waals surface area contributed by atoms with Crippen LogP contribution in [0.3, 0.4) is 0 Å². The van der Waals surface area contributed by atoms with Gasteiger partial charge in [-0.15, -0.1) is 11.8 Å². The number of benzene rings is 3. The number of imide groups is 1. The maximum Gasteiger partial charge on any atom is 0.416 e. The van der Waals surface area contributed by atoms with Crippen LogP contribution in [0.1, 0.15) is 40.8 Å². The summed E-state index contributed by atoms with van der Waals surface area (Å²) in [6.45, 7) is 3.79. The SMILES string of the molecule is CCOc1cc([C@@H]2c3sc(=O)[nH]c3S[C@@H]3[C@@H]4C[C@@H]([C@@H]5C(=O)N(c6cccc(C(F)(F)F)c6)C(=O)[C@@H]45)[C@H]23)ccc1OCC(=O)Nc1ccccc1C. The highest BCUT2D eigenvalue weighted by Crippen LogP contribution is 2.69. The van der Waals surface area contributed by atoms with Gasteiger partial charge in [-0.2, -0.15) is 13.2 Å². The number of rotatable bonds is 8. The minimum atomic E-state index is -4.63. The highest BCUT2D eigenvalue weighted by Gasteiger charge is 2.69. The van der Waals surface area contributed by atoms with Gasteiger partial charge in [-0.1, -0.05) is 41.7 Å². The first kappa shape index (κ1) is 33.6. The maximum atomic E-state index is 14.1. The van der Waals surface area contributed by atoms with E-state index >= 15 is 0 Å². The highest BCUT2D eigenvalue weighted by atomic mass is 32.2. The lowest BCUT2D eigenvalue weighted by atomic mass is 9.68. The van der Waals surface area contributed by atoms with E-state index in [1.807, 2.05) is 50.2 Å². The van der Waals surface area contributed by atoms with Gasteiger partial charge in [-0.25, -0.2) is 0 Å². The number of nitrogens with one attached hydrogen (secondary N) is 2. The molecule has 14 heteroatoms. The first-order valence-electron chi connectivity index (χ1n) is 16.6. The smallest absolute Gasteiger partial charge is 0.416 e. The zero-order valence-corrected chi connectivity index (χ0v) is 29.0. The topological polar surface area (TPSA) is 118 Å². The third kappa shape index (κ3) is 5.63. The number of carbonyl (C=O) groups excluding carboxylic acids is 3. The summed E-state index contributed by atoms with van der Waals surface area (Å²) in [5, 5.41) is 3.46. The van der Waals surface area contributed by atoms with Crippen molar-refractivity contribution in [2.75, 3.05) is 23.4 Å². The van der Waals surface area contributed by atoms with Gasteiger partial charge >= 0.3 is 11.0 Å². The summed E-state index contributed by atoms with van der Waals surface area (Å²) in [4.78, 5) is 58.0. The van der Waals surface area contributed by atoms with E-state index < -0.39 is 35.4 Å². The Balaban J connectivity index is 1.10. The Morgan fingerprint density at radius 1 is 0.961 bits per heavy atom. The number of hydrogen-bond donors (Lipinski definition) is 2. The fraction of sp³-hybridized carbons (Fsp3) is 0.351. The number of alkyl halides is 3. The number of amides is 3. The molecule has 3 fully saturated rings. The summed E-state index contributed by atoms with van der Waals surface area (Å²) in [5.74, 6) is -2.74. The number of fused-ring (bicyclic) bond motifs is 9. The number of thioether (sulfide) groups is 1. The van der Waals surface area contributed by atoms with Crippen molar-refractivity contribution in [1.82, 2.24) is 4.98 Å². The second-order valence-electron chi connectivity index (χ2n) is 13.3. The molecule has 1 aromatic heterocycles. The molecule has 0 radical (unpaired) electrons. The fourth-order valence-corrected chi connectivity index (χ4v) is 11.5. The van der Waals surface area contributed by atoms with Crippen LogP contribution in [0, 0.1) is 36.5 Å². The second-order valence-corrected chi connectivity index (χ2v) is 15.5. The van der Waals surface area contributed by atoms with Crippen molar-refractivity contribution in [3.63, 3.8) is 0 Å². The number of aryl methyl sites for hydroxylation is 1. The average Bonchev–Trinajstić information content (AvgIpc) is 3.83. The van der Waals surface area contributed by atoms with Gasteiger partial charge in [0.05, 0.1) is 34.7 Å². The van der Waals surface area contributed by atoms with Crippen LogP contribution in [-0.4, -0.2) is 41.2 Å². The molecule has 2 saturated carbocycles. The molecule has 51 heavy (non-hydrogen) atoms. The van der Waals surface area contributed by atoms with Gasteiger partial charge in [0.15, 0.2) is 18.1 Å². The first-order valence-corrected chi connectivity index (χ1v) is 18.3. The number of ether oxygens (including phenoxy) is 2. The predicted octanol–water partition coefficient (Wildman–Crippen LogP) is 6.86. The number of carbonyl (C=O) groups is 3. The number of thiazole rings is 1. The maximum absolute atomic E-state index is 14.1. The van der Waals surface area contributed by atoms with Crippen molar-refractivity contribution in [2.24, 2.45) is 29.6 Å². The lowest BCUT2D eigenvalue weighted by molar-refractivity contribution is -0.137. The van der Waals surface area contributed by atoms with Gasteiger partial charge in [-0.05, 0) is 85.5 Å². The summed E-state index contributed by atoms with van der Waals surface area (Å²) in [7, 11) is 0. The van der Waals surface area contributed by atoms with E-state index in [1.54, 1.807) is 6.07 Å². The van der Waals surface area contributed by atoms with Gasteiger partial charge in [0.1, 0.15) is 0 Å². The summed E-state index contributed by atoms with van der Waals surface area (Å²) in [6.07, 6.45) is -4.00.